The Morgan fingerprint density at radius 2 is 1.70 bits per heavy atom. The summed E-state index contributed by atoms with van der Waals surface area (Å²) < 4.78 is 0. The largest absolute Gasteiger partial charge is 0.375 e. The molecule has 0 aliphatic carbocycles. The number of nitrogens with zero attached hydrogens (tertiary/aromatic N) is 2. The maximum Gasteiger partial charge on any atom is 0.180 e. The number of nitrogens with two attached hydrogens (primary N) is 1. The number of hydrogen-bond acceptors (Lipinski definition) is 4. The molecule has 96 valence electrons. The fourth-order valence-corrected chi connectivity index (χ4v) is 2.62. The first-order chi connectivity index (χ1) is 9.76. The highest BCUT2D eigenvalue weighted by Crippen LogP contribution is 2.28. The van der Waals surface area contributed by atoms with Crippen molar-refractivity contribution in [2.24, 2.45) is 0 Å². The Morgan fingerprint density at radius 1 is 1.00 bits per heavy atom. The van der Waals surface area contributed by atoms with E-state index in [-0.39, 0.29) is 0 Å². The molecule has 1 aromatic heterocycles. The molecular formula is C16H11N3S. The number of benzene rings is 2. The molecule has 0 amide bonds. The Labute approximate surface area is 121 Å². The Kier molecular flexibility index (Phi) is 3.20. The summed E-state index contributed by atoms with van der Waals surface area (Å²) in [6.07, 6.45) is 0. The van der Waals surface area contributed by atoms with Gasteiger partial charge in [-0.3, -0.25) is 0 Å². The van der Waals surface area contributed by atoms with Gasteiger partial charge in [-0.1, -0.05) is 30.3 Å². The van der Waals surface area contributed by atoms with Crippen molar-refractivity contribution >= 4 is 16.5 Å². The van der Waals surface area contributed by atoms with Gasteiger partial charge in [0.05, 0.1) is 17.3 Å². The highest BCUT2D eigenvalue weighted by Gasteiger charge is 2.05. The lowest BCUT2D eigenvalue weighted by molar-refractivity contribution is 1.41. The van der Waals surface area contributed by atoms with Gasteiger partial charge < -0.3 is 5.73 Å². The second-order valence-corrected chi connectivity index (χ2v) is 5.23. The van der Waals surface area contributed by atoms with Crippen LogP contribution in [0.3, 0.4) is 0 Å². The first kappa shape index (κ1) is 12.4. The minimum Gasteiger partial charge on any atom is -0.375 e. The Hall–Kier alpha value is -2.64. The first-order valence-electron chi connectivity index (χ1n) is 6.08. The molecule has 2 N–H and O–H groups in total. The van der Waals surface area contributed by atoms with Gasteiger partial charge in [0.1, 0.15) is 0 Å². The van der Waals surface area contributed by atoms with Gasteiger partial charge in [-0.25, -0.2) is 4.98 Å². The van der Waals surface area contributed by atoms with Crippen LogP contribution >= 0.6 is 11.3 Å². The average Bonchev–Trinajstić information content (AvgIpc) is 2.94. The molecule has 0 radical (unpaired) electrons. The molecule has 0 aliphatic heterocycles. The summed E-state index contributed by atoms with van der Waals surface area (Å²) in [6, 6.07) is 17.8. The van der Waals surface area contributed by atoms with Gasteiger partial charge in [-0.2, -0.15) is 5.26 Å². The van der Waals surface area contributed by atoms with Gasteiger partial charge in [-0.15, -0.1) is 11.3 Å². The molecule has 0 saturated heterocycles. The van der Waals surface area contributed by atoms with E-state index in [1.807, 2.05) is 41.8 Å². The minimum absolute atomic E-state index is 0.567. The molecule has 0 bridgehead atoms. The Balaban J connectivity index is 2.05. The van der Waals surface area contributed by atoms with Gasteiger partial charge in [0, 0.05) is 10.9 Å². The molecule has 0 saturated carbocycles. The summed E-state index contributed by atoms with van der Waals surface area (Å²) in [5.41, 5.74) is 10.3. The third-order valence-electron chi connectivity index (χ3n) is 3.01. The second kappa shape index (κ2) is 5.16. The van der Waals surface area contributed by atoms with Crippen LogP contribution in [0.5, 0.6) is 0 Å². The molecule has 20 heavy (non-hydrogen) atoms. The maximum absolute atomic E-state index is 8.97. The number of aromatic nitrogens is 1. The first-order valence-corrected chi connectivity index (χ1v) is 6.96. The predicted octanol–water partition coefficient (Wildman–Crippen LogP) is 3.93. The van der Waals surface area contributed by atoms with Gasteiger partial charge in [0.15, 0.2) is 5.13 Å². The van der Waals surface area contributed by atoms with Crippen LogP contribution < -0.4 is 5.73 Å². The average molecular weight is 277 g/mol. The van der Waals surface area contributed by atoms with Crippen LogP contribution in [0, 0.1) is 11.3 Å². The molecule has 0 spiro atoms. The fourth-order valence-electron chi connectivity index (χ4n) is 2.05. The number of hydrogen-bond donors (Lipinski definition) is 1. The molecule has 1 heterocycles. The summed E-state index contributed by atoms with van der Waals surface area (Å²) >= 11 is 1.43. The number of rotatable bonds is 2. The minimum atomic E-state index is 0.567. The SMILES string of the molecule is N#Cc1cccc(-c2cccc(-c3csc(N)n3)c2)c1. The van der Waals surface area contributed by atoms with Crippen molar-refractivity contribution in [3.05, 3.63) is 59.5 Å². The van der Waals surface area contributed by atoms with Crippen LogP contribution in [0.15, 0.2) is 53.9 Å². The Bertz CT molecular complexity index is 799. The number of anilines is 1. The van der Waals surface area contributed by atoms with Crippen molar-refractivity contribution in [1.29, 1.82) is 5.26 Å². The molecule has 0 unspecified atom stereocenters. The van der Waals surface area contributed by atoms with Crippen LogP contribution in [-0.4, -0.2) is 4.98 Å². The van der Waals surface area contributed by atoms with Crippen LogP contribution in [0.25, 0.3) is 22.4 Å². The maximum atomic E-state index is 8.97. The monoisotopic (exact) mass is 277 g/mol. The zero-order chi connectivity index (χ0) is 13.9. The number of nitriles is 1. The fraction of sp³-hybridized carbons (Fsp3) is 0. The van der Waals surface area contributed by atoms with E-state index in [4.69, 9.17) is 11.0 Å². The van der Waals surface area contributed by atoms with Gasteiger partial charge >= 0.3 is 0 Å². The lowest BCUT2D eigenvalue weighted by Crippen LogP contribution is -1.84. The van der Waals surface area contributed by atoms with Crippen molar-refractivity contribution in [3.63, 3.8) is 0 Å². The smallest absolute Gasteiger partial charge is 0.180 e. The van der Waals surface area contributed by atoms with Crippen molar-refractivity contribution in [3.8, 4) is 28.5 Å². The van der Waals surface area contributed by atoms with Crippen LogP contribution in [0.1, 0.15) is 5.56 Å². The summed E-state index contributed by atoms with van der Waals surface area (Å²) in [7, 11) is 0. The third kappa shape index (κ3) is 2.40. The molecule has 3 aromatic rings. The van der Waals surface area contributed by atoms with Gasteiger partial charge in [-0.05, 0) is 29.3 Å². The molecule has 2 aromatic carbocycles. The molecule has 3 rings (SSSR count). The zero-order valence-electron chi connectivity index (χ0n) is 10.6. The molecule has 3 nitrogen and oxygen atoms in total. The molecule has 4 heteroatoms. The molecular weight excluding hydrogens is 266 g/mol. The summed E-state index contributed by atoms with van der Waals surface area (Å²) in [4.78, 5) is 4.29. The quantitative estimate of drug-likeness (QED) is 0.772. The molecule has 0 fully saturated rings. The van der Waals surface area contributed by atoms with Gasteiger partial charge in [0.2, 0.25) is 0 Å². The highest BCUT2D eigenvalue weighted by molar-refractivity contribution is 7.13. The number of nitrogen functional groups attached to an aromatic ring is 1. The van der Waals surface area contributed by atoms with Crippen LogP contribution in [-0.2, 0) is 0 Å². The van der Waals surface area contributed by atoms with Crippen molar-refractivity contribution in [2.45, 2.75) is 0 Å². The molecule has 0 atom stereocenters. The van der Waals surface area contributed by atoms with E-state index in [1.54, 1.807) is 6.07 Å². The summed E-state index contributed by atoms with van der Waals surface area (Å²) in [5.74, 6) is 0. The van der Waals surface area contributed by atoms with E-state index in [2.05, 4.69) is 17.1 Å². The topological polar surface area (TPSA) is 62.7 Å². The van der Waals surface area contributed by atoms with E-state index in [9.17, 15) is 0 Å². The summed E-state index contributed by atoms with van der Waals surface area (Å²) in [6.45, 7) is 0. The highest BCUT2D eigenvalue weighted by atomic mass is 32.1. The van der Waals surface area contributed by atoms with E-state index < -0.39 is 0 Å². The van der Waals surface area contributed by atoms with Crippen molar-refractivity contribution in [2.75, 3.05) is 5.73 Å². The van der Waals surface area contributed by atoms with Gasteiger partial charge in [0.25, 0.3) is 0 Å². The van der Waals surface area contributed by atoms with E-state index >= 15 is 0 Å². The van der Waals surface area contributed by atoms with Crippen molar-refractivity contribution < 1.29 is 0 Å². The van der Waals surface area contributed by atoms with Crippen molar-refractivity contribution in [1.82, 2.24) is 4.98 Å². The predicted molar refractivity (Wildman–Crippen MR) is 82.1 cm³/mol. The molecule has 0 aliphatic rings. The van der Waals surface area contributed by atoms with E-state index in [1.165, 1.54) is 11.3 Å². The van der Waals surface area contributed by atoms with E-state index in [0.717, 1.165) is 22.4 Å². The summed E-state index contributed by atoms with van der Waals surface area (Å²) in [5, 5.41) is 11.5. The standard InChI is InChI=1S/C16H11N3S/c17-9-11-3-1-4-12(7-11)13-5-2-6-14(8-13)15-10-20-16(18)19-15/h1-8,10H,(H2,18,19). The zero-order valence-corrected chi connectivity index (χ0v) is 11.4. The van der Waals surface area contributed by atoms with Crippen LogP contribution in [0.4, 0.5) is 5.13 Å². The van der Waals surface area contributed by atoms with E-state index in [0.29, 0.717) is 10.7 Å². The third-order valence-corrected chi connectivity index (χ3v) is 3.68. The second-order valence-electron chi connectivity index (χ2n) is 4.34. The Morgan fingerprint density at radius 3 is 2.40 bits per heavy atom. The number of thiazole rings is 1. The lowest BCUT2D eigenvalue weighted by Gasteiger charge is -2.04. The normalized spacial score (nSPS) is 10.2. The van der Waals surface area contributed by atoms with Crippen LogP contribution in [0.2, 0.25) is 0 Å². The lowest BCUT2D eigenvalue weighted by atomic mass is 10.0.